The van der Waals surface area contributed by atoms with E-state index in [0.717, 1.165) is 15.4 Å². The lowest BCUT2D eigenvalue weighted by molar-refractivity contribution is 0.0925. The van der Waals surface area contributed by atoms with Crippen LogP contribution in [-0.2, 0) is 6.54 Å². The summed E-state index contributed by atoms with van der Waals surface area (Å²) in [7, 11) is 0. The van der Waals surface area contributed by atoms with Crippen LogP contribution in [0.4, 0.5) is 0 Å². The minimum absolute atomic E-state index is 0.272. The number of pyridine rings is 1. The van der Waals surface area contributed by atoms with Gasteiger partial charge in [-0.2, -0.15) is 0 Å². The Morgan fingerprint density at radius 2 is 2.22 bits per heavy atom. The van der Waals surface area contributed by atoms with Crippen molar-refractivity contribution in [2.75, 3.05) is 6.61 Å². The molecule has 2 aromatic heterocycles. The minimum atomic E-state index is -0.278. The van der Waals surface area contributed by atoms with Crippen LogP contribution < -0.4 is 10.1 Å². The summed E-state index contributed by atoms with van der Waals surface area (Å²) < 4.78 is 11.9. The summed E-state index contributed by atoms with van der Waals surface area (Å²) in [5.41, 5.74) is 1.48. The van der Waals surface area contributed by atoms with E-state index in [2.05, 4.69) is 26.2 Å². The topological polar surface area (TPSA) is 64.4 Å². The van der Waals surface area contributed by atoms with Crippen molar-refractivity contribution in [3.05, 3.63) is 58.4 Å². The Balaban J connectivity index is 1.75. The number of para-hydroxylation sites is 1. The van der Waals surface area contributed by atoms with E-state index in [0.29, 0.717) is 24.6 Å². The highest BCUT2D eigenvalue weighted by Crippen LogP contribution is 2.27. The van der Waals surface area contributed by atoms with Crippen LogP contribution in [0.2, 0.25) is 0 Å². The van der Waals surface area contributed by atoms with Crippen LogP contribution in [-0.4, -0.2) is 17.5 Å². The second-order valence-corrected chi connectivity index (χ2v) is 5.71. The number of carbonyl (C=O) groups is 1. The second kappa shape index (κ2) is 6.83. The number of carbonyl (C=O) groups excluding carboxylic acids is 1. The number of halogens is 1. The number of nitrogens with one attached hydrogen (secondary N) is 1. The molecule has 0 aliphatic heterocycles. The van der Waals surface area contributed by atoms with Gasteiger partial charge < -0.3 is 14.5 Å². The first kappa shape index (κ1) is 15.6. The van der Waals surface area contributed by atoms with Gasteiger partial charge in [-0.1, -0.05) is 18.2 Å². The fourth-order valence-electron chi connectivity index (χ4n) is 2.23. The van der Waals surface area contributed by atoms with Crippen molar-refractivity contribution in [1.29, 1.82) is 0 Å². The second-order valence-electron chi connectivity index (χ2n) is 4.85. The van der Waals surface area contributed by atoms with E-state index in [1.54, 1.807) is 12.3 Å². The third kappa shape index (κ3) is 3.37. The number of hydrogen-bond donors (Lipinski definition) is 1. The van der Waals surface area contributed by atoms with Gasteiger partial charge in [-0.15, -0.1) is 0 Å². The van der Waals surface area contributed by atoms with Gasteiger partial charge in [0, 0.05) is 23.7 Å². The Hall–Kier alpha value is -2.34. The molecule has 6 heteroatoms. The average molecular weight is 375 g/mol. The molecule has 5 nitrogen and oxygen atoms in total. The van der Waals surface area contributed by atoms with E-state index in [1.807, 2.05) is 37.3 Å². The summed E-state index contributed by atoms with van der Waals surface area (Å²) in [4.78, 5) is 16.4. The van der Waals surface area contributed by atoms with Crippen LogP contribution in [0.5, 0.6) is 5.88 Å². The fraction of sp³-hybridized carbons (Fsp3) is 0.176. The van der Waals surface area contributed by atoms with Gasteiger partial charge in [-0.3, -0.25) is 4.79 Å². The highest BCUT2D eigenvalue weighted by Gasteiger charge is 2.14. The zero-order valence-corrected chi connectivity index (χ0v) is 14.1. The van der Waals surface area contributed by atoms with Gasteiger partial charge >= 0.3 is 0 Å². The molecule has 0 spiro atoms. The molecule has 2 heterocycles. The van der Waals surface area contributed by atoms with Crippen LogP contribution >= 0.6 is 15.9 Å². The molecular formula is C17H15BrN2O3. The molecule has 1 N–H and O–H groups in total. The maximum absolute atomic E-state index is 12.3. The van der Waals surface area contributed by atoms with Crippen molar-refractivity contribution < 1.29 is 13.9 Å². The van der Waals surface area contributed by atoms with Gasteiger partial charge in [0.05, 0.1) is 11.1 Å². The standard InChI is InChI=1S/C17H15BrN2O3/c1-2-22-17-12(6-4-8-19-17)10-20-16(21)14-9-11-5-3-7-13(18)15(11)23-14/h3-9H,2,10H2,1H3,(H,20,21). The molecule has 118 valence electrons. The van der Waals surface area contributed by atoms with Crippen molar-refractivity contribution in [2.45, 2.75) is 13.5 Å². The van der Waals surface area contributed by atoms with Crippen LogP contribution in [0.3, 0.4) is 0 Å². The number of rotatable bonds is 5. The van der Waals surface area contributed by atoms with Gasteiger partial charge in [0.2, 0.25) is 5.88 Å². The first-order chi connectivity index (χ1) is 11.2. The van der Waals surface area contributed by atoms with Gasteiger partial charge in [0.1, 0.15) is 5.58 Å². The van der Waals surface area contributed by atoms with Crippen molar-refractivity contribution in [3.63, 3.8) is 0 Å². The summed E-state index contributed by atoms with van der Waals surface area (Å²) in [6.07, 6.45) is 1.66. The number of benzene rings is 1. The van der Waals surface area contributed by atoms with E-state index >= 15 is 0 Å². The van der Waals surface area contributed by atoms with Crippen LogP contribution in [0.25, 0.3) is 11.0 Å². The third-order valence-electron chi connectivity index (χ3n) is 3.29. The van der Waals surface area contributed by atoms with Crippen LogP contribution in [0.15, 0.2) is 51.5 Å². The largest absolute Gasteiger partial charge is 0.478 e. The van der Waals surface area contributed by atoms with E-state index in [4.69, 9.17) is 9.15 Å². The van der Waals surface area contributed by atoms with Gasteiger partial charge in [0.25, 0.3) is 5.91 Å². The molecule has 23 heavy (non-hydrogen) atoms. The molecule has 3 rings (SSSR count). The summed E-state index contributed by atoms with van der Waals surface area (Å²) >= 11 is 3.41. The van der Waals surface area contributed by atoms with Crippen LogP contribution in [0, 0.1) is 0 Å². The average Bonchev–Trinajstić information content (AvgIpc) is 3.00. The van der Waals surface area contributed by atoms with Crippen molar-refractivity contribution in [1.82, 2.24) is 10.3 Å². The number of hydrogen-bond acceptors (Lipinski definition) is 4. The summed E-state index contributed by atoms with van der Waals surface area (Å²) in [6.45, 7) is 2.74. The quantitative estimate of drug-likeness (QED) is 0.734. The Bertz CT molecular complexity index is 845. The van der Waals surface area contributed by atoms with E-state index in [9.17, 15) is 4.79 Å². The van der Waals surface area contributed by atoms with Gasteiger partial charge in [-0.05, 0) is 41.1 Å². The number of aromatic nitrogens is 1. The molecule has 0 saturated heterocycles. The first-order valence-electron chi connectivity index (χ1n) is 7.22. The number of nitrogens with zero attached hydrogens (tertiary/aromatic N) is 1. The molecule has 0 radical (unpaired) electrons. The third-order valence-corrected chi connectivity index (χ3v) is 3.91. The minimum Gasteiger partial charge on any atom is -0.478 e. The highest BCUT2D eigenvalue weighted by molar-refractivity contribution is 9.10. The Kier molecular flexibility index (Phi) is 4.62. The predicted molar refractivity (Wildman–Crippen MR) is 90.5 cm³/mol. The SMILES string of the molecule is CCOc1ncccc1CNC(=O)c1cc2cccc(Br)c2o1. The monoisotopic (exact) mass is 374 g/mol. The number of ether oxygens (including phenoxy) is 1. The molecule has 0 saturated carbocycles. The lowest BCUT2D eigenvalue weighted by Crippen LogP contribution is -2.22. The number of amides is 1. The zero-order chi connectivity index (χ0) is 16.2. The first-order valence-corrected chi connectivity index (χ1v) is 8.01. The lowest BCUT2D eigenvalue weighted by atomic mass is 10.2. The summed E-state index contributed by atoms with van der Waals surface area (Å²) in [5, 5.41) is 3.70. The maximum atomic E-state index is 12.3. The van der Waals surface area contributed by atoms with Crippen molar-refractivity contribution >= 4 is 32.8 Å². The Labute approximate surface area is 141 Å². The predicted octanol–water partition coefficient (Wildman–Crippen LogP) is 3.92. The highest BCUT2D eigenvalue weighted by atomic mass is 79.9. The van der Waals surface area contributed by atoms with Gasteiger partial charge in [-0.25, -0.2) is 4.98 Å². The molecule has 0 aliphatic carbocycles. The molecule has 0 unspecified atom stereocenters. The molecule has 1 aromatic carbocycles. The maximum Gasteiger partial charge on any atom is 0.287 e. The number of fused-ring (bicyclic) bond motifs is 1. The van der Waals surface area contributed by atoms with E-state index in [1.165, 1.54) is 0 Å². The zero-order valence-electron chi connectivity index (χ0n) is 12.5. The lowest BCUT2D eigenvalue weighted by Gasteiger charge is -2.08. The van der Waals surface area contributed by atoms with Gasteiger partial charge in [0.15, 0.2) is 5.76 Å². The van der Waals surface area contributed by atoms with Crippen LogP contribution in [0.1, 0.15) is 23.0 Å². The molecule has 1 amide bonds. The molecule has 0 fully saturated rings. The molecule has 0 aliphatic rings. The molecule has 3 aromatic rings. The Morgan fingerprint density at radius 3 is 3.00 bits per heavy atom. The van der Waals surface area contributed by atoms with Crippen molar-refractivity contribution in [3.8, 4) is 5.88 Å². The summed E-state index contributed by atoms with van der Waals surface area (Å²) in [6, 6.07) is 11.1. The normalized spacial score (nSPS) is 10.7. The Morgan fingerprint density at radius 1 is 1.35 bits per heavy atom. The smallest absolute Gasteiger partial charge is 0.287 e. The van der Waals surface area contributed by atoms with E-state index in [-0.39, 0.29) is 11.7 Å². The molecule has 0 bridgehead atoms. The molecule has 0 atom stereocenters. The van der Waals surface area contributed by atoms with E-state index < -0.39 is 0 Å². The summed E-state index contributed by atoms with van der Waals surface area (Å²) in [5.74, 6) is 0.524. The fourth-order valence-corrected chi connectivity index (χ4v) is 2.69. The number of furan rings is 1. The molecular weight excluding hydrogens is 360 g/mol. The van der Waals surface area contributed by atoms with Crippen molar-refractivity contribution in [2.24, 2.45) is 0 Å².